The van der Waals surface area contributed by atoms with Crippen LogP contribution in [0.4, 0.5) is 0 Å². The summed E-state index contributed by atoms with van der Waals surface area (Å²) >= 11 is 0. The average Bonchev–Trinajstić information content (AvgIpc) is 3.06. The Kier molecular flexibility index (Phi) is 33.6. The zero-order valence-corrected chi connectivity index (χ0v) is 28.3. The van der Waals surface area contributed by atoms with E-state index in [0.717, 1.165) is 38.8 Å². The standard InChI is InChI=1S/C33H65NO11/c1-2-3-4-5-6-7-8-9-33(35)45-31-29-43-27-25-41-23-21-39-19-17-37-15-14-36-16-18-38-20-22-40-24-26-42-28-30-44-32-10-12-34-13-11-32/h32,34H,2-31H2,1H3. The van der Waals surface area contributed by atoms with Gasteiger partial charge in [-0.1, -0.05) is 45.4 Å². The van der Waals surface area contributed by atoms with Gasteiger partial charge >= 0.3 is 5.97 Å². The van der Waals surface area contributed by atoms with Crippen molar-refractivity contribution in [3.05, 3.63) is 0 Å². The van der Waals surface area contributed by atoms with Crippen LogP contribution in [0.3, 0.4) is 0 Å². The molecule has 268 valence electrons. The van der Waals surface area contributed by atoms with Crippen LogP contribution in [0.25, 0.3) is 0 Å². The topological polar surface area (TPSA) is 121 Å². The van der Waals surface area contributed by atoms with Crippen LogP contribution >= 0.6 is 0 Å². The molecule has 12 heteroatoms. The molecule has 0 saturated carbocycles. The minimum atomic E-state index is -0.137. The lowest BCUT2D eigenvalue weighted by atomic mass is 10.1. The van der Waals surface area contributed by atoms with Gasteiger partial charge in [-0.3, -0.25) is 4.79 Å². The first-order valence-corrected chi connectivity index (χ1v) is 17.4. The minimum Gasteiger partial charge on any atom is -0.463 e. The van der Waals surface area contributed by atoms with E-state index in [1.807, 2.05) is 0 Å². The molecule has 45 heavy (non-hydrogen) atoms. The summed E-state index contributed by atoms with van der Waals surface area (Å²) in [7, 11) is 0. The SMILES string of the molecule is CCCCCCCCCC(=O)OCCOCCOCCOCCOCCOCCOCCOCCOCCOC1CCNCC1. The van der Waals surface area contributed by atoms with Crippen molar-refractivity contribution in [1.29, 1.82) is 0 Å². The highest BCUT2D eigenvalue weighted by Gasteiger charge is 2.12. The maximum atomic E-state index is 11.7. The second kappa shape index (κ2) is 35.9. The second-order valence-electron chi connectivity index (χ2n) is 10.8. The first-order valence-electron chi connectivity index (χ1n) is 17.4. The number of ether oxygens (including phenoxy) is 10. The largest absolute Gasteiger partial charge is 0.463 e. The molecule has 0 atom stereocenters. The molecule has 0 aromatic rings. The molecule has 1 aliphatic heterocycles. The summed E-state index contributed by atoms with van der Waals surface area (Å²) in [5.41, 5.74) is 0. The number of hydrogen-bond acceptors (Lipinski definition) is 12. The lowest BCUT2D eigenvalue weighted by molar-refractivity contribution is -0.145. The summed E-state index contributed by atoms with van der Waals surface area (Å²) in [4.78, 5) is 11.7. The summed E-state index contributed by atoms with van der Waals surface area (Å²) in [5, 5.41) is 3.33. The first kappa shape index (κ1) is 42.1. The number of carbonyl (C=O) groups is 1. The smallest absolute Gasteiger partial charge is 0.305 e. The Bertz CT molecular complexity index is 597. The Labute approximate surface area is 272 Å². The van der Waals surface area contributed by atoms with Crippen LogP contribution in [0.15, 0.2) is 0 Å². The Morgan fingerprint density at radius 1 is 0.489 bits per heavy atom. The Balaban J connectivity index is 1.63. The molecule has 1 N–H and O–H groups in total. The van der Waals surface area contributed by atoms with Gasteiger partial charge in [-0.05, 0) is 32.4 Å². The van der Waals surface area contributed by atoms with E-state index in [0.29, 0.717) is 131 Å². The molecule has 12 nitrogen and oxygen atoms in total. The second-order valence-corrected chi connectivity index (χ2v) is 10.8. The number of nitrogens with one attached hydrogen (secondary N) is 1. The van der Waals surface area contributed by atoms with Gasteiger partial charge in [0.2, 0.25) is 0 Å². The molecule has 1 saturated heterocycles. The molecule has 0 bridgehead atoms. The van der Waals surface area contributed by atoms with E-state index in [2.05, 4.69) is 12.2 Å². The third-order valence-electron chi connectivity index (χ3n) is 6.95. The molecule has 1 fully saturated rings. The van der Waals surface area contributed by atoms with Crippen molar-refractivity contribution in [1.82, 2.24) is 5.32 Å². The van der Waals surface area contributed by atoms with Gasteiger partial charge in [0.25, 0.3) is 0 Å². The molecule has 0 aromatic heterocycles. The van der Waals surface area contributed by atoms with E-state index in [1.54, 1.807) is 0 Å². The summed E-state index contributed by atoms with van der Waals surface area (Å²) < 4.78 is 54.8. The fraction of sp³-hybridized carbons (Fsp3) is 0.970. The van der Waals surface area contributed by atoms with Gasteiger partial charge in [0.1, 0.15) is 6.61 Å². The normalized spacial score (nSPS) is 13.9. The van der Waals surface area contributed by atoms with Crippen molar-refractivity contribution < 1.29 is 52.2 Å². The van der Waals surface area contributed by atoms with E-state index in [-0.39, 0.29) is 5.97 Å². The highest BCUT2D eigenvalue weighted by molar-refractivity contribution is 5.69. The van der Waals surface area contributed by atoms with E-state index in [4.69, 9.17) is 47.4 Å². The Hall–Kier alpha value is -0.930. The van der Waals surface area contributed by atoms with Crippen LogP contribution < -0.4 is 5.32 Å². The summed E-state index contributed by atoms with van der Waals surface area (Å²) in [6, 6.07) is 0. The highest BCUT2D eigenvalue weighted by atomic mass is 16.6. The molecule has 0 amide bonds. The van der Waals surface area contributed by atoms with Gasteiger partial charge in [-0.15, -0.1) is 0 Å². The fourth-order valence-corrected chi connectivity index (χ4v) is 4.39. The minimum absolute atomic E-state index is 0.137. The third-order valence-corrected chi connectivity index (χ3v) is 6.95. The van der Waals surface area contributed by atoms with Crippen LogP contribution in [0.2, 0.25) is 0 Å². The van der Waals surface area contributed by atoms with Crippen LogP contribution in [0.1, 0.15) is 71.1 Å². The number of piperidine rings is 1. The number of hydrogen-bond donors (Lipinski definition) is 1. The molecule has 1 rings (SSSR count). The van der Waals surface area contributed by atoms with Crippen molar-refractivity contribution in [2.45, 2.75) is 77.2 Å². The molecule has 0 spiro atoms. The van der Waals surface area contributed by atoms with Crippen molar-refractivity contribution in [3.63, 3.8) is 0 Å². The van der Waals surface area contributed by atoms with Crippen LogP contribution in [-0.4, -0.2) is 144 Å². The maximum absolute atomic E-state index is 11.7. The van der Waals surface area contributed by atoms with E-state index in [9.17, 15) is 4.79 Å². The van der Waals surface area contributed by atoms with Gasteiger partial charge in [0, 0.05) is 6.42 Å². The number of carbonyl (C=O) groups excluding carboxylic acids is 1. The van der Waals surface area contributed by atoms with Crippen molar-refractivity contribution in [2.24, 2.45) is 0 Å². The molecular formula is C33H65NO11. The lowest BCUT2D eigenvalue weighted by Gasteiger charge is -2.22. The number of unbranched alkanes of at least 4 members (excludes halogenated alkanes) is 6. The Morgan fingerprint density at radius 3 is 1.27 bits per heavy atom. The van der Waals surface area contributed by atoms with Gasteiger partial charge in [0.05, 0.1) is 118 Å². The molecule has 1 heterocycles. The van der Waals surface area contributed by atoms with E-state index in [1.165, 1.54) is 32.1 Å². The zero-order chi connectivity index (χ0) is 32.1. The number of esters is 1. The first-order chi connectivity index (χ1) is 22.3. The third kappa shape index (κ3) is 32.8. The van der Waals surface area contributed by atoms with E-state index >= 15 is 0 Å². The average molecular weight is 652 g/mol. The van der Waals surface area contributed by atoms with Gasteiger partial charge in [-0.25, -0.2) is 0 Å². The van der Waals surface area contributed by atoms with Crippen molar-refractivity contribution >= 4 is 5.97 Å². The molecular weight excluding hydrogens is 586 g/mol. The Morgan fingerprint density at radius 2 is 0.844 bits per heavy atom. The molecule has 0 aliphatic carbocycles. The zero-order valence-electron chi connectivity index (χ0n) is 28.3. The van der Waals surface area contributed by atoms with E-state index < -0.39 is 0 Å². The van der Waals surface area contributed by atoms with Crippen molar-refractivity contribution in [3.8, 4) is 0 Å². The van der Waals surface area contributed by atoms with Gasteiger partial charge in [0.15, 0.2) is 0 Å². The quantitative estimate of drug-likeness (QED) is 0.0788. The van der Waals surface area contributed by atoms with Crippen molar-refractivity contribution in [2.75, 3.05) is 132 Å². The lowest BCUT2D eigenvalue weighted by Crippen LogP contribution is -2.33. The summed E-state index contributed by atoms with van der Waals surface area (Å²) in [6.07, 6.45) is 11.4. The molecule has 0 unspecified atom stereocenters. The van der Waals surface area contributed by atoms with Gasteiger partial charge in [-0.2, -0.15) is 0 Å². The molecule has 0 aromatic carbocycles. The molecule has 0 radical (unpaired) electrons. The monoisotopic (exact) mass is 651 g/mol. The predicted octanol–water partition coefficient (Wildman–Crippen LogP) is 3.57. The predicted molar refractivity (Wildman–Crippen MR) is 172 cm³/mol. The molecule has 1 aliphatic rings. The summed E-state index contributed by atoms with van der Waals surface area (Å²) in [5.74, 6) is -0.137. The highest BCUT2D eigenvalue weighted by Crippen LogP contribution is 2.09. The maximum Gasteiger partial charge on any atom is 0.305 e. The fourth-order valence-electron chi connectivity index (χ4n) is 4.39. The van der Waals surface area contributed by atoms with Crippen LogP contribution in [-0.2, 0) is 52.2 Å². The van der Waals surface area contributed by atoms with Gasteiger partial charge < -0.3 is 52.7 Å². The van der Waals surface area contributed by atoms with Crippen LogP contribution in [0.5, 0.6) is 0 Å². The van der Waals surface area contributed by atoms with Crippen LogP contribution in [0, 0.1) is 0 Å². The number of rotatable bonds is 36. The summed E-state index contributed by atoms with van der Waals surface area (Å²) in [6.45, 7) is 13.4.